The second-order valence-corrected chi connectivity index (χ2v) is 6.51. The molecular formula is C14H25N5OS. The molecule has 2 N–H and O–H groups in total. The number of aromatic nitrogens is 3. The summed E-state index contributed by atoms with van der Waals surface area (Å²) in [7, 11) is 0. The molecule has 21 heavy (non-hydrogen) atoms. The average Bonchev–Trinajstić information content (AvgIpc) is 2.45. The van der Waals surface area contributed by atoms with Crippen LogP contribution in [0.5, 0.6) is 6.01 Å². The van der Waals surface area contributed by atoms with Crippen molar-refractivity contribution in [2.45, 2.75) is 44.3 Å². The zero-order chi connectivity index (χ0) is 15.1. The first-order valence-corrected chi connectivity index (χ1v) is 8.85. The Balaban J connectivity index is 2.03. The third-order valence-electron chi connectivity index (χ3n) is 3.65. The summed E-state index contributed by atoms with van der Waals surface area (Å²) in [5.74, 6) is 1.15. The van der Waals surface area contributed by atoms with Gasteiger partial charge < -0.3 is 15.4 Å². The fourth-order valence-electron chi connectivity index (χ4n) is 2.19. The van der Waals surface area contributed by atoms with E-state index in [0.717, 1.165) is 19.5 Å². The lowest BCUT2D eigenvalue weighted by Crippen LogP contribution is -2.40. The fourth-order valence-corrected chi connectivity index (χ4v) is 3.11. The van der Waals surface area contributed by atoms with E-state index in [-0.39, 0.29) is 0 Å². The molecule has 1 aliphatic carbocycles. The first-order valence-electron chi connectivity index (χ1n) is 7.63. The van der Waals surface area contributed by atoms with Gasteiger partial charge in [-0.15, -0.1) is 0 Å². The van der Waals surface area contributed by atoms with Crippen LogP contribution in [0, 0.1) is 0 Å². The highest BCUT2D eigenvalue weighted by atomic mass is 32.2. The Kier molecular flexibility index (Phi) is 5.90. The maximum absolute atomic E-state index is 5.53. The molecule has 1 aromatic rings. The predicted octanol–water partition coefficient (Wildman–Crippen LogP) is 2.79. The molecule has 1 heterocycles. The minimum absolute atomic E-state index is 0.343. The van der Waals surface area contributed by atoms with Crippen molar-refractivity contribution >= 4 is 23.7 Å². The molecule has 7 heteroatoms. The van der Waals surface area contributed by atoms with Crippen LogP contribution in [-0.4, -0.2) is 45.7 Å². The SMILES string of the molecule is CCCOc1nc(NCC)nc(NCC2(SC)CCC2)n1. The van der Waals surface area contributed by atoms with Crippen molar-refractivity contribution in [3.8, 4) is 6.01 Å². The molecule has 118 valence electrons. The van der Waals surface area contributed by atoms with Crippen LogP contribution in [0.1, 0.15) is 39.5 Å². The van der Waals surface area contributed by atoms with Crippen LogP contribution in [0.4, 0.5) is 11.9 Å². The van der Waals surface area contributed by atoms with E-state index < -0.39 is 0 Å². The van der Waals surface area contributed by atoms with Gasteiger partial charge in [0, 0.05) is 17.8 Å². The van der Waals surface area contributed by atoms with E-state index in [1.54, 1.807) is 0 Å². The summed E-state index contributed by atoms with van der Waals surface area (Å²) < 4.78 is 5.88. The van der Waals surface area contributed by atoms with Crippen LogP contribution >= 0.6 is 11.8 Å². The van der Waals surface area contributed by atoms with Gasteiger partial charge in [-0.2, -0.15) is 26.7 Å². The van der Waals surface area contributed by atoms with Gasteiger partial charge in [0.2, 0.25) is 11.9 Å². The zero-order valence-electron chi connectivity index (χ0n) is 13.1. The molecule has 2 rings (SSSR count). The van der Waals surface area contributed by atoms with Crippen molar-refractivity contribution in [1.29, 1.82) is 0 Å². The largest absolute Gasteiger partial charge is 0.463 e. The topological polar surface area (TPSA) is 72.0 Å². The third-order valence-corrected chi connectivity index (χ3v) is 5.07. The van der Waals surface area contributed by atoms with Gasteiger partial charge in [0.15, 0.2) is 0 Å². The highest BCUT2D eigenvalue weighted by Gasteiger charge is 2.36. The highest BCUT2D eigenvalue weighted by Crippen LogP contribution is 2.42. The molecule has 0 aromatic carbocycles. The van der Waals surface area contributed by atoms with Gasteiger partial charge in [0.1, 0.15) is 0 Å². The van der Waals surface area contributed by atoms with Crippen LogP contribution in [0.2, 0.25) is 0 Å². The van der Waals surface area contributed by atoms with Crippen LogP contribution in [0.25, 0.3) is 0 Å². The van der Waals surface area contributed by atoms with Gasteiger partial charge >= 0.3 is 6.01 Å². The summed E-state index contributed by atoms with van der Waals surface area (Å²) in [6.45, 7) is 6.34. The van der Waals surface area contributed by atoms with E-state index in [9.17, 15) is 0 Å². The minimum Gasteiger partial charge on any atom is -0.463 e. The van der Waals surface area contributed by atoms with Gasteiger partial charge in [-0.1, -0.05) is 13.3 Å². The monoisotopic (exact) mass is 311 g/mol. The van der Waals surface area contributed by atoms with E-state index in [1.807, 2.05) is 18.7 Å². The second-order valence-electron chi connectivity index (χ2n) is 5.24. The molecule has 0 unspecified atom stereocenters. The molecule has 0 aliphatic heterocycles. The molecule has 0 atom stereocenters. The van der Waals surface area contributed by atoms with E-state index in [2.05, 4.69) is 38.8 Å². The van der Waals surface area contributed by atoms with E-state index in [0.29, 0.717) is 29.3 Å². The summed E-state index contributed by atoms with van der Waals surface area (Å²) in [4.78, 5) is 13.0. The number of hydrogen-bond donors (Lipinski definition) is 2. The molecule has 1 fully saturated rings. The number of rotatable bonds is 9. The quantitative estimate of drug-likeness (QED) is 0.726. The smallest absolute Gasteiger partial charge is 0.323 e. The van der Waals surface area contributed by atoms with Crippen LogP contribution in [0.3, 0.4) is 0 Å². The Labute approximate surface area is 130 Å². The van der Waals surface area contributed by atoms with E-state index >= 15 is 0 Å². The Morgan fingerprint density at radius 3 is 2.38 bits per heavy atom. The summed E-state index contributed by atoms with van der Waals surface area (Å²) in [6.07, 6.45) is 6.93. The van der Waals surface area contributed by atoms with Gasteiger partial charge in [-0.25, -0.2) is 0 Å². The number of nitrogens with zero attached hydrogens (tertiary/aromatic N) is 3. The van der Waals surface area contributed by atoms with Crippen molar-refractivity contribution in [1.82, 2.24) is 15.0 Å². The number of hydrogen-bond acceptors (Lipinski definition) is 7. The second kappa shape index (κ2) is 7.68. The van der Waals surface area contributed by atoms with Crippen LogP contribution < -0.4 is 15.4 Å². The first-order chi connectivity index (χ1) is 10.2. The zero-order valence-corrected chi connectivity index (χ0v) is 13.9. The van der Waals surface area contributed by atoms with E-state index in [1.165, 1.54) is 19.3 Å². The molecule has 0 amide bonds. The first kappa shape index (κ1) is 16.1. The minimum atomic E-state index is 0.343. The molecule has 0 spiro atoms. The molecule has 0 radical (unpaired) electrons. The van der Waals surface area contributed by atoms with Gasteiger partial charge in [0.25, 0.3) is 0 Å². The Hall–Kier alpha value is -1.24. The lowest BCUT2D eigenvalue weighted by Gasteiger charge is -2.40. The number of nitrogens with one attached hydrogen (secondary N) is 2. The Bertz CT molecular complexity index is 447. The van der Waals surface area contributed by atoms with Crippen molar-refractivity contribution in [3.05, 3.63) is 0 Å². The number of anilines is 2. The lowest BCUT2D eigenvalue weighted by atomic mass is 9.84. The molecule has 1 aromatic heterocycles. The van der Waals surface area contributed by atoms with Gasteiger partial charge in [0.05, 0.1) is 6.61 Å². The number of thioether (sulfide) groups is 1. The average molecular weight is 311 g/mol. The molecular weight excluding hydrogens is 286 g/mol. The highest BCUT2D eigenvalue weighted by molar-refractivity contribution is 8.00. The maximum atomic E-state index is 5.53. The van der Waals surface area contributed by atoms with Crippen LogP contribution in [-0.2, 0) is 0 Å². The summed E-state index contributed by atoms with van der Waals surface area (Å²) in [6, 6.07) is 0.386. The summed E-state index contributed by atoms with van der Waals surface area (Å²) in [5, 5.41) is 6.47. The fraction of sp³-hybridized carbons (Fsp3) is 0.786. The van der Waals surface area contributed by atoms with Crippen molar-refractivity contribution < 1.29 is 4.74 Å². The van der Waals surface area contributed by atoms with Gasteiger partial charge in [-0.3, -0.25) is 0 Å². The maximum Gasteiger partial charge on any atom is 0.323 e. The summed E-state index contributed by atoms with van der Waals surface area (Å²) >= 11 is 1.93. The molecule has 1 saturated carbocycles. The van der Waals surface area contributed by atoms with E-state index in [4.69, 9.17) is 4.74 Å². The Morgan fingerprint density at radius 1 is 1.14 bits per heavy atom. The Morgan fingerprint density at radius 2 is 1.86 bits per heavy atom. The van der Waals surface area contributed by atoms with Crippen molar-refractivity contribution in [2.24, 2.45) is 0 Å². The van der Waals surface area contributed by atoms with Crippen molar-refractivity contribution in [3.63, 3.8) is 0 Å². The van der Waals surface area contributed by atoms with Crippen LogP contribution in [0.15, 0.2) is 0 Å². The lowest BCUT2D eigenvalue weighted by molar-refractivity contribution is 0.292. The molecule has 1 aliphatic rings. The van der Waals surface area contributed by atoms with Gasteiger partial charge in [-0.05, 0) is 32.4 Å². The predicted molar refractivity (Wildman–Crippen MR) is 88.4 cm³/mol. The molecule has 6 nitrogen and oxygen atoms in total. The van der Waals surface area contributed by atoms with Crippen molar-refractivity contribution in [2.75, 3.05) is 36.6 Å². The normalized spacial score (nSPS) is 16.1. The standard InChI is InChI=1S/C14H25N5OS/c1-4-9-20-13-18-11(15-5-2)17-12(19-13)16-10-14(21-3)7-6-8-14/h4-10H2,1-3H3,(H2,15,16,17,18,19). The third kappa shape index (κ3) is 4.36. The molecule has 0 saturated heterocycles. The summed E-state index contributed by atoms with van der Waals surface area (Å²) in [5.41, 5.74) is 0. The number of ether oxygens (including phenoxy) is 1. The molecule has 0 bridgehead atoms.